The van der Waals surface area contributed by atoms with E-state index >= 15 is 0 Å². The molecule has 5 heteroatoms. The summed E-state index contributed by atoms with van der Waals surface area (Å²) in [6.45, 7) is 4.06. The molecule has 0 amide bonds. The second-order valence-corrected chi connectivity index (χ2v) is 3.00. The molecule has 0 atom stereocenters. The van der Waals surface area contributed by atoms with Crippen molar-refractivity contribution in [3.8, 4) is 0 Å². The van der Waals surface area contributed by atoms with Gasteiger partial charge < -0.3 is 9.72 Å². The number of isothiocyanates is 1. The summed E-state index contributed by atoms with van der Waals surface area (Å²) in [7, 11) is 0. The summed E-state index contributed by atoms with van der Waals surface area (Å²) < 4.78 is 4.88. The molecule has 4 nitrogen and oxygen atoms in total. The predicted octanol–water partition coefficient (Wildman–Crippen LogP) is 2.49. The topological polar surface area (TPSA) is 54.5 Å². The van der Waals surface area contributed by atoms with Gasteiger partial charge in [0.2, 0.25) is 0 Å². The van der Waals surface area contributed by atoms with Crippen LogP contribution in [0.1, 0.15) is 29.9 Å². The fourth-order valence-electron chi connectivity index (χ4n) is 1.26. The van der Waals surface area contributed by atoms with Crippen LogP contribution in [0.5, 0.6) is 0 Å². The third kappa shape index (κ3) is 2.52. The first-order valence-corrected chi connectivity index (χ1v) is 5.10. The molecule has 1 N–H and O–H groups in total. The Labute approximate surface area is 93.4 Å². The van der Waals surface area contributed by atoms with Gasteiger partial charge in [0.05, 0.1) is 11.8 Å². The van der Waals surface area contributed by atoms with Crippen LogP contribution in [0.15, 0.2) is 11.2 Å². The molecule has 1 aromatic heterocycles. The first-order valence-electron chi connectivity index (χ1n) is 4.69. The van der Waals surface area contributed by atoms with Gasteiger partial charge in [-0.3, -0.25) is 0 Å². The van der Waals surface area contributed by atoms with Crippen LogP contribution >= 0.6 is 12.2 Å². The second-order valence-electron chi connectivity index (χ2n) is 2.81. The van der Waals surface area contributed by atoms with Crippen LogP contribution in [0.3, 0.4) is 0 Å². The molecule has 0 fully saturated rings. The Morgan fingerprint density at radius 1 is 1.67 bits per heavy atom. The maximum atomic E-state index is 11.5. The number of H-pyrrole nitrogens is 1. The normalized spacial score (nSPS) is 9.47. The van der Waals surface area contributed by atoms with Crippen molar-refractivity contribution in [3.05, 3.63) is 17.5 Å². The Kier molecular flexibility index (Phi) is 4.21. The zero-order chi connectivity index (χ0) is 11.3. The van der Waals surface area contributed by atoms with Gasteiger partial charge in [0.1, 0.15) is 5.69 Å². The SMILES string of the molecule is CCOC(=O)c1[nH]cc(CC)c1N=C=S. The number of carbonyl (C=O) groups excluding carboxylic acids is 1. The number of thiocarbonyl (C=S) groups is 1. The average molecular weight is 224 g/mol. The highest BCUT2D eigenvalue weighted by atomic mass is 32.1. The number of aryl methyl sites for hydroxylation is 1. The number of aliphatic imine (C=N–C) groups is 1. The van der Waals surface area contributed by atoms with E-state index in [4.69, 9.17) is 4.74 Å². The fourth-order valence-corrected chi connectivity index (χ4v) is 1.35. The highest BCUT2D eigenvalue weighted by molar-refractivity contribution is 7.78. The number of hydrogen-bond donors (Lipinski definition) is 1. The van der Waals surface area contributed by atoms with Crippen molar-refractivity contribution >= 4 is 29.0 Å². The van der Waals surface area contributed by atoms with E-state index in [1.165, 1.54) is 0 Å². The molecule has 0 spiro atoms. The number of aromatic amines is 1. The molecular formula is C10H12N2O2S. The molecule has 1 rings (SSSR count). The van der Waals surface area contributed by atoms with E-state index in [9.17, 15) is 4.79 Å². The first-order chi connectivity index (χ1) is 7.24. The number of hydrogen-bond acceptors (Lipinski definition) is 4. The number of nitrogens with one attached hydrogen (secondary N) is 1. The minimum atomic E-state index is -0.416. The van der Waals surface area contributed by atoms with Crippen molar-refractivity contribution in [2.24, 2.45) is 4.99 Å². The van der Waals surface area contributed by atoms with Gasteiger partial charge in [-0.05, 0) is 31.1 Å². The Morgan fingerprint density at radius 2 is 2.40 bits per heavy atom. The lowest BCUT2D eigenvalue weighted by Gasteiger charge is -2.00. The van der Waals surface area contributed by atoms with Crippen LogP contribution in [0.2, 0.25) is 0 Å². The van der Waals surface area contributed by atoms with E-state index in [0.29, 0.717) is 18.0 Å². The Bertz CT molecular complexity index is 406. The summed E-state index contributed by atoms with van der Waals surface area (Å²) >= 11 is 4.54. The number of esters is 1. The van der Waals surface area contributed by atoms with Crippen LogP contribution in [0.25, 0.3) is 0 Å². The molecule has 0 unspecified atom stereocenters. The Hall–Kier alpha value is -1.45. The fraction of sp³-hybridized carbons (Fsp3) is 0.400. The van der Waals surface area contributed by atoms with Crippen LogP contribution in [0, 0.1) is 0 Å². The van der Waals surface area contributed by atoms with E-state index in [2.05, 4.69) is 27.4 Å². The monoisotopic (exact) mass is 224 g/mol. The number of nitrogens with zero attached hydrogens (tertiary/aromatic N) is 1. The summed E-state index contributed by atoms with van der Waals surface area (Å²) in [4.78, 5) is 18.2. The van der Waals surface area contributed by atoms with Crippen LogP contribution in [-0.4, -0.2) is 22.7 Å². The molecule has 0 aliphatic rings. The molecular weight excluding hydrogens is 212 g/mol. The first kappa shape index (κ1) is 11.6. The molecule has 0 aliphatic carbocycles. The molecule has 0 aliphatic heterocycles. The minimum Gasteiger partial charge on any atom is -0.461 e. The van der Waals surface area contributed by atoms with Crippen molar-refractivity contribution in [1.82, 2.24) is 4.98 Å². The van der Waals surface area contributed by atoms with Gasteiger partial charge in [-0.25, -0.2) is 4.79 Å². The third-order valence-electron chi connectivity index (χ3n) is 1.95. The van der Waals surface area contributed by atoms with Crippen LogP contribution < -0.4 is 0 Å². The minimum absolute atomic E-state index is 0.333. The number of carbonyl (C=O) groups is 1. The zero-order valence-corrected chi connectivity index (χ0v) is 9.48. The van der Waals surface area contributed by atoms with Crippen LogP contribution in [-0.2, 0) is 11.2 Å². The van der Waals surface area contributed by atoms with E-state index in [-0.39, 0.29) is 0 Å². The van der Waals surface area contributed by atoms with E-state index in [0.717, 1.165) is 12.0 Å². The molecule has 0 aromatic carbocycles. The van der Waals surface area contributed by atoms with E-state index in [1.807, 2.05) is 6.92 Å². The van der Waals surface area contributed by atoms with Crippen molar-refractivity contribution in [1.29, 1.82) is 0 Å². The smallest absolute Gasteiger partial charge is 0.357 e. The number of ether oxygens (including phenoxy) is 1. The lowest BCUT2D eigenvalue weighted by atomic mass is 10.2. The molecule has 1 aromatic rings. The Balaban J connectivity index is 3.12. The lowest BCUT2D eigenvalue weighted by molar-refractivity contribution is 0.0521. The summed E-state index contributed by atoms with van der Waals surface area (Å²) in [6.07, 6.45) is 2.50. The maximum Gasteiger partial charge on any atom is 0.357 e. The number of aromatic nitrogens is 1. The van der Waals surface area contributed by atoms with Crippen molar-refractivity contribution in [2.75, 3.05) is 6.61 Å². The highest BCUT2D eigenvalue weighted by Crippen LogP contribution is 2.24. The summed E-state index contributed by atoms with van der Waals surface area (Å²) in [5, 5.41) is 2.26. The van der Waals surface area contributed by atoms with E-state index < -0.39 is 5.97 Å². The van der Waals surface area contributed by atoms with Gasteiger partial charge in [0.15, 0.2) is 5.69 Å². The largest absolute Gasteiger partial charge is 0.461 e. The Morgan fingerprint density at radius 3 is 2.93 bits per heavy atom. The highest BCUT2D eigenvalue weighted by Gasteiger charge is 2.16. The average Bonchev–Trinajstić information content (AvgIpc) is 2.62. The standard InChI is InChI=1S/C10H12N2O2S/c1-3-7-5-11-9(8(7)12-6-15)10(13)14-4-2/h5,11H,3-4H2,1-2H3. The quantitative estimate of drug-likeness (QED) is 0.485. The molecule has 0 saturated carbocycles. The molecule has 80 valence electrons. The van der Waals surface area contributed by atoms with Gasteiger partial charge in [-0.1, -0.05) is 6.92 Å². The number of rotatable bonds is 4. The molecule has 1 heterocycles. The maximum absolute atomic E-state index is 11.5. The zero-order valence-electron chi connectivity index (χ0n) is 8.66. The van der Waals surface area contributed by atoms with Gasteiger partial charge in [0, 0.05) is 6.20 Å². The van der Waals surface area contributed by atoms with E-state index in [1.54, 1.807) is 13.1 Å². The van der Waals surface area contributed by atoms with Gasteiger partial charge >= 0.3 is 5.97 Å². The van der Waals surface area contributed by atoms with Gasteiger partial charge in [-0.15, -0.1) is 0 Å². The molecule has 15 heavy (non-hydrogen) atoms. The van der Waals surface area contributed by atoms with Crippen molar-refractivity contribution < 1.29 is 9.53 Å². The van der Waals surface area contributed by atoms with Crippen LogP contribution in [0.4, 0.5) is 5.69 Å². The molecule has 0 radical (unpaired) electrons. The molecule has 0 bridgehead atoms. The third-order valence-corrected chi connectivity index (χ3v) is 2.04. The summed E-state index contributed by atoms with van der Waals surface area (Å²) in [5.41, 5.74) is 1.80. The lowest BCUT2D eigenvalue weighted by Crippen LogP contribution is -2.05. The van der Waals surface area contributed by atoms with Gasteiger partial charge in [-0.2, -0.15) is 4.99 Å². The van der Waals surface area contributed by atoms with Gasteiger partial charge in [0.25, 0.3) is 0 Å². The summed E-state index contributed by atoms with van der Waals surface area (Å²) in [6, 6.07) is 0. The second kappa shape index (κ2) is 5.44. The summed E-state index contributed by atoms with van der Waals surface area (Å²) in [5.74, 6) is -0.416. The van der Waals surface area contributed by atoms with Crippen molar-refractivity contribution in [3.63, 3.8) is 0 Å². The van der Waals surface area contributed by atoms with Crippen molar-refractivity contribution in [2.45, 2.75) is 20.3 Å². The molecule has 0 saturated heterocycles. The predicted molar refractivity (Wildman–Crippen MR) is 60.8 cm³/mol.